The van der Waals surface area contributed by atoms with E-state index in [1.165, 1.54) is 5.56 Å². The molecule has 3 aliphatic heterocycles. The molecule has 1 aromatic rings. The van der Waals surface area contributed by atoms with E-state index in [1.807, 2.05) is 6.07 Å². The smallest absolute Gasteiger partial charge is 0.156 e. The number of hydrogen-bond donors (Lipinski definition) is 0. The van der Waals surface area contributed by atoms with Crippen LogP contribution >= 0.6 is 0 Å². The Labute approximate surface area is 115 Å². The zero-order chi connectivity index (χ0) is 13.3. The van der Waals surface area contributed by atoms with Gasteiger partial charge in [0.05, 0.1) is 6.04 Å². The van der Waals surface area contributed by atoms with Crippen molar-refractivity contribution in [2.45, 2.75) is 45.1 Å². The van der Waals surface area contributed by atoms with Crippen LogP contribution in [0.5, 0.6) is 0 Å². The van der Waals surface area contributed by atoms with Gasteiger partial charge in [-0.05, 0) is 44.3 Å². The minimum atomic E-state index is 0.0168. The molecule has 0 radical (unpaired) electrons. The number of benzene rings is 1. The lowest BCUT2D eigenvalue weighted by Gasteiger charge is -2.51. The first-order chi connectivity index (χ1) is 9.25. The zero-order valence-electron chi connectivity index (χ0n) is 11.8. The van der Waals surface area contributed by atoms with E-state index in [0.717, 1.165) is 45.2 Å². The van der Waals surface area contributed by atoms with E-state index in [9.17, 15) is 4.79 Å². The summed E-state index contributed by atoms with van der Waals surface area (Å²) < 4.78 is 0. The number of carbonyl (C=O) groups is 1. The molecule has 19 heavy (non-hydrogen) atoms. The van der Waals surface area contributed by atoms with Crippen LogP contribution in [0.25, 0.3) is 0 Å². The Bertz CT molecular complexity index is 440. The number of Topliss-reactive ketones (excluding diaryl/α,β-unsaturated/α-hetero) is 1. The summed E-state index contributed by atoms with van der Waals surface area (Å²) in [5.41, 5.74) is 1.31. The van der Waals surface area contributed by atoms with Crippen molar-refractivity contribution in [1.82, 2.24) is 4.90 Å². The Morgan fingerprint density at radius 1 is 1.21 bits per heavy atom. The standard InChI is InChI=1S/C17H23NO/c1-2-8-17-9-11-18(12-10-17)15(16(17)19)13-14-6-4-3-5-7-14/h3-7,15H,2,8-13H2,1H3. The summed E-state index contributed by atoms with van der Waals surface area (Å²) in [4.78, 5) is 15.3. The molecular weight excluding hydrogens is 234 g/mol. The van der Waals surface area contributed by atoms with Crippen LogP contribution in [-0.2, 0) is 11.2 Å². The highest BCUT2D eigenvalue weighted by molar-refractivity contribution is 5.91. The lowest BCUT2D eigenvalue weighted by atomic mass is 9.65. The van der Waals surface area contributed by atoms with Gasteiger partial charge in [0.15, 0.2) is 5.78 Å². The number of nitrogens with zero attached hydrogens (tertiary/aromatic N) is 1. The van der Waals surface area contributed by atoms with Crippen molar-refractivity contribution in [3.63, 3.8) is 0 Å². The molecule has 1 unspecified atom stereocenters. The third-order valence-electron chi connectivity index (χ3n) is 5.02. The average Bonchev–Trinajstić information content (AvgIpc) is 2.45. The van der Waals surface area contributed by atoms with Crippen LogP contribution in [0.3, 0.4) is 0 Å². The van der Waals surface area contributed by atoms with Gasteiger partial charge in [-0.3, -0.25) is 9.69 Å². The maximum absolute atomic E-state index is 12.9. The van der Waals surface area contributed by atoms with Gasteiger partial charge in [0.2, 0.25) is 0 Å². The maximum atomic E-state index is 12.9. The van der Waals surface area contributed by atoms with Crippen LogP contribution in [0.4, 0.5) is 0 Å². The lowest BCUT2D eigenvalue weighted by Crippen LogP contribution is -2.61. The molecule has 0 aromatic heterocycles. The van der Waals surface area contributed by atoms with Gasteiger partial charge in [-0.15, -0.1) is 0 Å². The number of carbonyl (C=O) groups excluding carboxylic acids is 1. The molecular formula is C17H23NO. The summed E-state index contributed by atoms with van der Waals surface area (Å²) in [7, 11) is 0. The highest BCUT2D eigenvalue weighted by Gasteiger charge is 2.50. The van der Waals surface area contributed by atoms with E-state index in [1.54, 1.807) is 0 Å². The second-order valence-electron chi connectivity index (χ2n) is 6.14. The summed E-state index contributed by atoms with van der Waals surface area (Å²) in [6.45, 7) is 4.43. The number of hydrogen-bond acceptors (Lipinski definition) is 2. The Hall–Kier alpha value is -1.15. The monoisotopic (exact) mass is 257 g/mol. The summed E-state index contributed by atoms with van der Waals surface area (Å²) in [6, 6.07) is 10.6. The minimum absolute atomic E-state index is 0.0168. The van der Waals surface area contributed by atoms with Crippen molar-refractivity contribution in [3.05, 3.63) is 35.9 Å². The van der Waals surface area contributed by atoms with Gasteiger partial charge in [-0.1, -0.05) is 43.7 Å². The van der Waals surface area contributed by atoms with Crippen molar-refractivity contribution < 1.29 is 4.79 Å². The number of piperidine rings is 3. The first kappa shape index (κ1) is 12.9. The fourth-order valence-corrected chi connectivity index (χ4v) is 3.94. The molecule has 1 aromatic carbocycles. The highest BCUT2D eigenvalue weighted by Crippen LogP contribution is 2.44. The van der Waals surface area contributed by atoms with E-state index >= 15 is 0 Å². The van der Waals surface area contributed by atoms with Crippen LogP contribution < -0.4 is 0 Å². The number of fused-ring (bicyclic) bond motifs is 3. The molecule has 2 nitrogen and oxygen atoms in total. The van der Waals surface area contributed by atoms with E-state index < -0.39 is 0 Å². The van der Waals surface area contributed by atoms with Crippen molar-refractivity contribution in [3.8, 4) is 0 Å². The highest BCUT2D eigenvalue weighted by atomic mass is 16.1. The Morgan fingerprint density at radius 2 is 1.89 bits per heavy atom. The second kappa shape index (κ2) is 5.09. The van der Waals surface area contributed by atoms with Crippen LogP contribution in [0, 0.1) is 5.41 Å². The zero-order valence-corrected chi connectivity index (χ0v) is 11.8. The summed E-state index contributed by atoms with van der Waals surface area (Å²) in [5.74, 6) is 0.524. The number of rotatable bonds is 4. The fourth-order valence-electron chi connectivity index (χ4n) is 3.94. The molecule has 0 saturated carbocycles. The second-order valence-corrected chi connectivity index (χ2v) is 6.14. The van der Waals surface area contributed by atoms with Crippen molar-refractivity contribution in [2.24, 2.45) is 5.41 Å². The first-order valence-electron chi connectivity index (χ1n) is 7.57. The molecule has 2 heteroatoms. The lowest BCUT2D eigenvalue weighted by molar-refractivity contribution is -0.148. The molecule has 3 aliphatic rings. The van der Waals surface area contributed by atoms with Gasteiger partial charge in [0.1, 0.15) is 0 Å². The maximum Gasteiger partial charge on any atom is 0.156 e. The van der Waals surface area contributed by atoms with Gasteiger partial charge >= 0.3 is 0 Å². The number of ketones is 1. The van der Waals surface area contributed by atoms with Crippen LogP contribution in [0.1, 0.15) is 38.2 Å². The molecule has 0 aliphatic carbocycles. The van der Waals surface area contributed by atoms with Crippen LogP contribution in [0.2, 0.25) is 0 Å². The van der Waals surface area contributed by atoms with Crippen molar-refractivity contribution in [2.75, 3.05) is 13.1 Å². The van der Waals surface area contributed by atoms with Crippen LogP contribution in [-0.4, -0.2) is 29.8 Å². The minimum Gasteiger partial charge on any atom is -0.297 e. The average molecular weight is 257 g/mol. The third-order valence-corrected chi connectivity index (χ3v) is 5.02. The van der Waals surface area contributed by atoms with Crippen LogP contribution in [0.15, 0.2) is 30.3 Å². The fraction of sp³-hybridized carbons (Fsp3) is 0.588. The van der Waals surface area contributed by atoms with Gasteiger partial charge < -0.3 is 0 Å². The molecule has 4 rings (SSSR count). The molecule has 2 bridgehead atoms. The summed E-state index contributed by atoms with van der Waals surface area (Å²) in [5, 5.41) is 0. The first-order valence-corrected chi connectivity index (χ1v) is 7.57. The van der Waals surface area contributed by atoms with Gasteiger partial charge in [-0.2, -0.15) is 0 Å². The normalized spacial score (nSPS) is 33.6. The Kier molecular flexibility index (Phi) is 3.44. The molecule has 0 amide bonds. The predicted octanol–water partition coefficient (Wildman–Crippen LogP) is 3.06. The van der Waals surface area contributed by atoms with E-state index in [2.05, 4.69) is 36.1 Å². The van der Waals surface area contributed by atoms with Gasteiger partial charge in [-0.25, -0.2) is 0 Å². The summed E-state index contributed by atoms with van der Waals surface area (Å²) >= 11 is 0. The molecule has 3 fully saturated rings. The quantitative estimate of drug-likeness (QED) is 0.826. The molecule has 0 spiro atoms. The van der Waals surface area contributed by atoms with E-state index in [4.69, 9.17) is 0 Å². The Morgan fingerprint density at radius 3 is 2.53 bits per heavy atom. The van der Waals surface area contributed by atoms with Gasteiger partial charge in [0, 0.05) is 5.41 Å². The SMILES string of the molecule is CCCC12CCN(CC1)C(Cc1ccccc1)C2=O. The van der Waals surface area contributed by atoms with E-state index in [0.29, 0.717) is 5.78 Å². The topological polar surface area (TPSA) is 20.3 Å². The van der Waals surface area contributed by atoms with Crippen molar-refractivity contribution >= 4 is 5.78 Å². The summed E-state index contributed by atoms with van der Waals surface area (Å²) in [6.07, 6.45) is 5.29. The Balaban J connectivity index is 1.81. The molecule has 3 heterocycles. The molecule has 3 saturated heterocycles. The van der Waals surface area contributed by atoms with Crippen molar-refractivity contribution in [1.29, 1.82) is 0 Å². The van der Waals surface area contributed by atoms with Gasteiger partial charge in [0.25, 0.3) is 0 Å². The molecule has 1 atom stereocenters. The molecule has 0 N–H and O–H groups in total. The van der Waals surface area contributed by atoms with E-state index in [-0.39, 0.29) is 11.5 Å². The third kappa shape index (κ3) is 2.23. The molecule has 102 valence electrons. The predicted molar refractivity (Wildman–Crippen MR) is 77.1 cm³/mol. The largest absolute Gasteiger partial charge is 0.297 e.